The first-order valence-corrected chi connectivity index (χ1v) is 10.5. The van der Waals surface area contributed by atoms with E-state index in [0.29, 0.717) is 16.8 Å². The van der Waals surface area contributed by atoms with Gasteiger partial charge in [0.15, 0.2) is 12.4 Å². The summed E-state index contributed by atoms with van der Waals surface area (Å²) in [5, 5.41) is 3.43. The van der Waals surface area contributed by atoms with Crippen LogP contribution in [-0.4, -0.2) is 29.3 Å². The maximum Gasteiger partial charge on any atom is 0.339 e. The van der Waals surface area contributed by atoms with Crippen LogP contribution in [0.25, 0.3) is 10.9 Å². The first-order valence-electron chi connectivity index (χ1n) is 10.5. The molecule has 1 aliphatic rings. The number of amides is 1. The van der Waals surface area contributed by atoms with Gasteiger partial charge in [-0.05, 0) is 56.4 Å². The van der Waals surface area contributed by atoms with Gasteiger partial charge in [-0.15, -0.1) is 0 Å². The lowest BCUT2D eigenvalue weighted by atomic mass is 9.97. The van der Waals surface area contributed by atoms with Crippen molar-refractivity contribution >= 4 is 34.3 Å². The molecule has 3 aromatic rings. The number of pyridine rings is 1. The number of carbonyl (C=O) groups excluding carboxylic acids is 3. The summed E-state index contributed by atoms with van der Waals surface area (Å²) in [6.07, 6.45) is 4.77. The largest absolute Gasteiger partial charge is 0.452 e. The summed E-state index contributed by atoms with van der Waals surface area (Å²) in [5.41, 5.74) is 4.16. The number of esters is 1. The normalized spacial score (nSPS) is 13.2. The number of aromatic nitrogens is 1. The van der Waals surface area contributed by atoms with Crippen LogP contribution in [0.4, 0.5) is 5.69 Å². The van der Waals surface area contributed by atoms with Crippen molar-refractivity contribution in [2.24, 2.45) is 0 Å². The molecule has 1 amide bonds. The highest BCUT2D eigenvalue weighted by atomic mass is 16.5. The topological polar surface area (TPSA) is 85.4 Å². The second kappa shape index (κ2) is 9.08. The van der Waals surface area contributed by atoms with Crippen molar-refractivity contribution in [1.82, 2.24) is 4.98 Å². The Kier molecular flexibility index (Phi) is 6.07. The molecule has 0 aliphatic heterocycles. The lowest BCUT2D eigenvalue weighted by molar-refractivity contribution is -0.119. The monoisotopic (exact) mass is 416 g/mol. The van der Waals surface area contributed by atoms with E-state index in [1.165, 1.54) is 6.92 Å². The van der Waals surface area contributed by atoms with E-state index in [1.54, 1.807) is 24.3 Å². The molecule has 1 aromatic heterocycles. The number of fused-ring (bicyclic) bond motifs is 2. The molecular formula is C25H24N2O4. The zero-order valence-electron chi connectivity index (χ0n) is 17.4. The summed E-state index contributed by atoms with van der Waals surface area (Å²) >= 11 is 0. The molecule has 6 heteroatoms. The molecule has 0 fully saturated rings. The fourth-order valence-corrected chi connectivity index (χ4v) is 4.00. The maximum atomic E-state index is 13.1. The van der Waals surface area contributed by atoms with Crippen LogP contribution in [-0.2, 0) is 22.4 Å². The van der Waals surface area contributed by atoms with Crippen molar-refractivity contribution < 1.29 is 19.1 Å². The van der Waals surface area contributed by atoms with Crippen molar-refractivity contribution in [3.8, 4) is 0 Å². The third-order valence-corrected chi connectivity index (χ3v) is 5.51. The molecule has 1 aliphatic carbocycles. The summed E-state index contributed by atoms with van der Waals surface area (Å²) in [6.45, 7) is 1.05. The summed E-state index contributed by atoms with van der Waals surface area (Å²) in [5.74, 6) is -1.06. The van der Waals surface area contributed by atoms with Gasteiger partial charge in [0.2, 0.25) is 0 Å². The highest BCUT2D eigenvalue weighted by Crippen LogP contribution is 2.29. The van der Waals surface area contributed by atoms with E-state index in [2.05, 4.69) is 5.32 Å². The number of benzene rings is 2. The fourth-order valence-electron chi connectivity index (χ4n) is 4.00. The van der Waals surface area contributed by atoms with Gasteiger partial charge in [-0.25, -0.2) is 4.79 Å². The number of anilines is 1. The molecule has 0 atom stereocenters. The van der Waals surface area contributed by atoms with Crippen molar-refractivity contribution in [2.75, 3.05) is 11.9 Å². The number of rotatable bonds is 5. The van der Waals surface area contributed by atoms with Crippen molar-refractivity contribution in [2.45, 2.75) is 39.0 Å². The van der Waals surface area contributed by atoms with Gasteiger partial charge in [0.05, 0.1) is 11.1 Å². The summed E-state index contributed by atoms with van der Waals surface area (Å²) in [4.78, 5) is 41.7. The Morgan fingerprint density at radius 3 is 2.65 bits per heavy atom. The number of hydrogen-bond donors (Lipinski definition) is 1. The number of hydrogen-bond acceptors (Lipinski definition) is 5. The SMILES string of the molecule is CC(=O)c1cccc(NC(=O)COC(=O)c2c3c(nc4ccccc24)CCCCC3)c1. The molecule has 0 spiro atoms. The Morgan fingerprint density at radius 1 is 1.00 bits per heavy atom. The molecular weight excluding hydrogens is 392 g/mol. The number of nitrogens with one attached hydrogen (secondary N) is 1. The van der Waals surface area contributed by atoms with E-state index < -0.39 is 18.5 Å². The Hall–Kier alpha value is -3.54. The molecule has 158 valence electrons. The van der Waals surface area contributed by atoms with Crippen LogP contribution < -0.4 is 5.32 Å². The first kappa shape index (κ1) is 20.7. The van der Waals surface area contributed by atoms with Crippen molar-refractivity contribution in [1.29, 1.82) is 0 Å². The van der Waals surface area contributed by atoms with Gasteiger partial charge >= 0.3 is 5.97 Å². The number of nitrogens with zero attached hydrogens (tertiary/aromatic N) is 1. The van der Waals surface area contributed by atoms with Gasteiger partial charge in [0.25, 0.3) is 5.91 Å². The Bertz CT molecular complexity index is 1170. The Morgan fingerprint density at radius 2 is 1.81 bits per heavy atom. The van der Waals surface area contributed by atoms with Crippen LogP contribution in [0, 0.1) is 0 Å². The second-order valence-corrected chi connectivity index (χ2v) is 7.75. The summed E-state index contributed by atoms with van der Waals surface area (Å²) in [7, 11) is 0. The van der Waals surface area contributed by atoms with E-state index in [4.69, 9.17) is 9.72 Å². The number of para-hydroxylation sites is 1. The van der Waals surface area contributed by atoms with Crippen LogP contribution >= 0.6 is 0 Å². The minimum absolute atomic E-state index is 0.0900. The molecule has 0 unspecified atom stereocenters. The first-order chi connectivity index (χ1) is 15.0. The molecule has 1 N–H and O–H groups in total. The standard InChI is InChI=1S/C25H24N2O4/c1-16(28)17-8-7-9-18(14-17)26-23(29)15-31-25(30)24-19-10-3-2-4-12-21(19)27-22-13-6-5-11-20(22)24/h5-9,11,13-14H,2-4,10,12,15H2,1H3,(H,26,29). The number of ether oxygens (including phenoxy) is 1. The number of ketones is 1. The second-order valence-electron chi connectivity index (χ2n) is 7.75. The van der Waals surface area contributed by atoms with E-state index in [1.807, 2.05) is 24.3 Å². The third-order valence-electron chi connectivity index (χ3n) is 5.51. The van der Waals surface area contributed by atoms with E-state index in [0.717, 1.165) is 54.3 Å². The van der Waals surface area contributed by atoms with Gasteiger partial charge in [0, 0.05) is 22.3 Å². The summed E-state index contributed by atoms with van der Waals surface area (Å²) in [6, 6.07) is 14.2. The molecule has 0 saturated heterocycles. The van der Waals surface area contributed by atoms with Crippen molar-refractivity contribution in [3.63, 3.8) is 0 Å². The van der Waals surface area contributed by atoms with E-state index in [-0.39, 0.29) is 5.78 Å². The zero-order chi connectivity index (χ0) is 21.8. The van der Waals surface area contributed by atoms with Crippen LogP contribution in [0.15, 0.2) is 48.5 Å². The van der Waals surface area contributed by atoms with Crippen LogP contribution in [0.2, 0.25) is 0 Å². The van der Waals surface area contributed by atoms with Gasteiger partial charge < -0.3 is 10.1 Å². The van der Waals surface area contributed by atoms with Gasteiger partial charge in [-0.1, -0.05) is 36.8 Å². The molecule has 31 heavy (non-hydrogen) atoms. The van der Waals surface area contributed by atoms with E-state index >= 15 is 0 Å². The molecule has 2 aromatic carbocycles. The quantitative estimate of drug-likeness (QED) is 0.376. The zero-order valence-corrected chi connectivity index (χ0v) is 17.4. The minimum Gasteiger partial charge on any atom is -0.452 e. The van der Waals surface area contributed by atoms with Crippen LogP contribution in [0.1, 0.15) is 58.2 Å². The lowest BCUT2D eigenvalue weighted by Gasteiger charge is -2.15. The average Bonchev–Trinajstić information content (AvgIpc) is 3.01. The Balaban J connectivity index is 1.53. The smallest absolute Gasteiger partial charge is 0.339 e. The highest BCUT2D eigenvalue weighted by Gasteiger charge is 2.23. The molecule has 0 radical (unpaired) electrons. The van der Waals surface area contributed by atoms with Gasteiger partial charge in [0.1, 0.15) is 0 Å². The maximum absolute atomic E-state index is 13.1. The number of carbonyl (C=O) groups is 3. The van der Waals surface area contributed by atoms with Gasteiger partial charge in [-0.3, -0.25) is 14.6 Å². The minimum atomic E-state index is -0.510. The van der Waals surface area contributed by atoms with Gasteiger partial charge in [-0.2, -0.15) is 0 Å². The molecule has 0 saturated carbocycles. The third kappa shape index (κ3) is 4.63. The average molecular weight is 416 g/mol. The molecule has 0 bridgehead atoms. The lowest BCUT2D eigenvalue weighted by Crippen LogP contribution is -2.22. The highest BCUT2D eigenvalue weighted by molar-refractivity contribution is 6.06. The number of aryl methyl sites for hydroxylation is 1. The Labute approximate surface area is 180 Å². The summed E-state index contributed by atoms with van der Waals surface area (Å²) < 4.78 is 5.41. The van der Waals surface area contributed by atoms with Crippen LogP contribution in [0.3, 0.4) is 0 Å². The van der Waals surface area contributed by atoms with Crippen molar-refractivity contribution in [3.05, 3.63) is 70.9 Å². The molecule has 6 nitrogen and oxygen atoms in total. The fraction of sp³-hybridized carbons (Fsp3) is 0.280. The predicted octanol–water partition coefficient (Wildman–Crippen LogP) is 4.50. The number of Topliss-reactive ketones (excluding diaryl/α,β-unsaturated/α-hetero) is 1. The van der Waals surface area contributed by atoms with Crippen LogP contribution in [0.5, 0.6) is 0 Å². The molecule has 4 rings (SSSR count). The van der Waals surface area contributed by atoms with E-state index in [9.17, 15) is 14.4 Å². The predicted molar refractivity (Wildman–Crippen MR) is 118 cm³/mol. The molecule has 1 heterocycles.